The molecule has 0 radical (unpaired) electrons. The van der Waals surface area contributed by atoms with Gasteiger partial charge in [0, 0.05) is 0 Å². The van der Waals surface area contributed by atoms with E-state index in [4.69, 9.17) is 4.74 Å². The summed E-state index contributed by atoms with van der Waals surface area (Å²) in [6, 6.07) is 3.94. The first-order valence-electron chi connectivity index (χ1n) is 8.84. The second kappa shape index (κ2) is 11.8. The van der Waals surface area contributed by atoms with Gasteiger partial charge in [-0.2, -0.15) is 0 Å². The van der Waals surface area contributed by atoms with E-state index in [1.807, 2.05) is 0 Å². The van der Waals surface area contributed by atoms with Gasteiger partial charge in [0.2, 0.25) is 0 Å². The van der Waals surface area contributed by atoms with Crippen LogP contribution < -0.4 is 0 Å². The predicted octanol–water partition coefficient (Wildman–Crippen LogP) is 5.18. The summed E-state index contributed by atoms with van der Waals surface area (Å²) in [7, 11) is 0. The third kappa shape index (κ3) is 8.48. The molecule has 130 valence electrons. The Kier molecular flexibility index (Phi) is 9.92. The van der Waals surface area contributed by atoms with Crippen LogP contribution in [0.5, 0.6) is 11.5 Å². The average molecular weight is 322 g/mol. The molecule has 0 bridgehead atoms. The van der Waals surface area contributed by atoms with E-state index in [2.05, 4.69) is 6.92 Å². The fourth-order valence-electron chi connectivity index (χ4n) is 2.49. The zero-order valence-corrected chi connectivity index (χ0v) is 14.2. The van der Waals surface area contributed by atoms with E-state index in [0.29, 0.717) is 6.61 Å². The summed E-state index contributed by atoms with van der Waals surface area (Å²) in [6.45, 7) is 2.63. The summed E-state index contributed by atoms with van der Waals surface area (Å²) in [4.78, 5) is 11.8. The van der Waals surface area contributed by atoms with Crippen molar-refractivity contribution in [1.29, 1.82) is 0 Å². The minimum atomic E-state index is -0.462. The molecule has 0 aromatic heterocycles. The van der Waals surface area contributed by atoms with Gasteiger partial charge in [-0.3, -0.25) is 0 Å². The van der Waals surface area contributed by atoms with Gasteiger partial charge in [-0.1, -0.05) is 64.7 Å². The van der Waals surface area contributed by atoms with Crippen molar-refractivity contribution >= 4 is 5.97 Å². The molecule has 1 aromatic rings. The van der Waals surface area contributed by atoms with Gasteiger partial charge < -0.3 is 14.9 Å². The second-order valence-electron chi connectivity index (χ2n) is 6.02. The number of unbranched alkanes of at least 4 members (excludes halogenated alkanes) is 9. The number of phenolic OH excluding ortho intramolecular Hbond substituents is 2. The van der Waals surface area contributed by atoms with Crippen molar-refractivity contribution in [1.82, 2.24) is 0 Å². The highest BCUT2D eigenvalue weighted by molar-refractivity contribution is 5.90. The molecule has 0 aliphatic rings. The fourth-order valence-corrected chi connectivity index (χ4v) is 2.49. The minimum absolute atomic E-state index is 0.240. The standard InChI is InChI=1S/C19H30O4/c1-2-3-4-5-6-7-8-9-10-11-14-23-19(22)16-12-13-17(20)18(21)15-16/h12-13,15,20-21H,2-11,14H2,1H3. The number of benzene rings is 1. The third-order valence-electron chi connectivity index (χ3n) is 3.94. The molecular formula is C19H30O4. The number of aromatic hydroxyl groups is 2. The second-order valence-corrected chi connectivity index (χ2v) is 6.02. The molecule has 0 fully saturated rings. The maximum absolute atomic E-state index is 11.8. The van der Waals surface area contributed by atoms with Crippen molar-refractivity contribution in [3.8, 4) is 11.5 Å². The maximum atomic E-state index is 11.8. The van der Waals surface area contributed by atoms with Crippen molar-refractivity contribution < 1.29 is 19.7 Å². The number of ether oxygens (including phenoxy) is 1. The molecule has 4 nitrogen and oxygen atoms in total. The highest BCUT2D eigenvalue weighted by Crippen LogP contribution is 2.25. The van der Waals surface area contributed by atoms with Gasteiger partial charge in [0.15, 0.2) is 11.5 Å². The first-order valence-corrected chi connectivity index (χ1v) is 8.84. The number of carbonyl (C=O) groups excluding carboxylic acids is 1. The topological polar surface area (TPSA) is 66.8 Å². The van der Waals surface area contributed by atoms with Gasteiger partial charge in [0.25, 0.3) is 0 Å². The van der Waals surface area contributed by atoms with Gasteiger partial charge in [-0.25, -0.2) is 4.79 Å². The molecule has 0 amide bonds. The summed E-state index contributed by atoms with van der Waals surface area (Å²) >= 11 is 0. The average Bonchev–Trinajstić information content (AvgIpc) is 2.55. The summed E-state index contributed by atoms with van der Waals surface area (Å²) in [5.74, 6) is -1.01. The van der Waals surface area contributed by atoms with Crippen LogP contribution in [0.15, 0.2) is 18.2 Å². The first-order chi connectivity index (χ1) is 11.1. The quantitative estimate of drug-likeness (QED) is 0.316. The van der Waals surface area contributed by atoms with Crippen LogP contribution in [0.1, 0.15) is 81.5 Å². The molecule has 2 N–H and O–H groups in total. The molecule has 1 rings (SSSR count). The highest BCUT2D eigenvalue weighted by Gasteiger charge is 2.09. The lowest BCUT2D eigenvalue weighted by atomic mass is 10.1. The van der Waals surface area contributed by atoms with Crippen LogP contribution in [0.4, 0.5) is 0 Å². The lowest BCUT2D eigenvalue weighted by Gasteiger charge is -2.06. The number of hydrogen-bond acceptors (Lipinski definition) is 4. The molecule has 0 heterocycles. The number of hydrogen-bond donors (Lipinski definition) is 2. The van der Waals surface area contributed by atoms with Crippen molar-refractivity contribution in [2.24, 2.45) is 0 Å². The molecule has 23 heavy (non-hydrogen) atoms. The molecule has 4 heteroatoms. The van der Waals surface area contributed by atoms with Crippen molar-refractivity contribution in [3.05, 3.63) is 23.8 Å². The SMILES string of the molecule is CCCCCCCCCCCCOC(=O)c1ccc(O)c(O)c1. The molecule has 0 unspecified atom stereocenters. The van der Waals surface area contributed by atoms with Gasteiger partial charge in [0.05, 0.1) is 12.2 Å². The molecule has 0 atom stereocenters. The normalized spacial score (nSPS) is 10.7. The van der Waals surface area contributed by atoms with Crippen LogP contribution in [0.2, 0.25) is 0 Å². The highest BCUT2D eigenvalue weighted by atomic mass is 16.5. The van der Waals surface area contributed by atoms with Crippen LogP contribution in [0.3, 0.4) is 0 Å². The predicted molar refractivity (Wildman–Crippen MR) is 91.9 cm³/mol. The van der Waals surface area contributed by atoms with Crippen LogP contribution >= 0.6 is 0 Å². The van der Waals surface area contributed by atoms with Gasteiger partial charge in [-0.15, -0.1) is 0 Å². The summed E-state index contributed by atoms with van der Waals surface area (Å²) < 4.78 is 5.16. The largest absolute Gasteiger partial charge is 0.504 e. The van der Waals surface area contributed by atoms with Gasteiger partial charge in [-0.05, 0) is 24.6 Å². The Bertz CT molecular complexity index is 457. The molecule has 1 aromatic carbocycles. The summed E-state index contributed by atoms with van der Waals surface area (Å²) in [5, 5.41) is 18.6. The monoisotopic (exact) mass is 322 g/mol. The third-order valence-corrected chi connectivity index (χ3v) is 3.94. The molecule has 0 spiro atoms. The Balaban J connectivity index is 2.00. The van der Waals surface area contributed by atoms with E-state index < -0.39 is 5.97 Å². The van der Waals surface area contributed by atoms with Crippen molar-refractivity contribution in [3.63, 3.8) is 0 Å². The molecule has 0 aliphatic carbocycles. The van der Waals surface area contributed by atoms with E-state index in [1.54, 1.807) is 0 Å². The number of rotatable bonds is 12. The van der Waals surface area contributed by atoms with E-state index >= 15 is 0 Å². The van der Waals surface area contributed by atoms with E-state index in [1.165, 1.54) is 69.6 Å². The zero-order valence-electron chi connectivity index (χ0n) is 14.2. The van der Waals surface area contributed by atoms with Crippen molar-refractivity contribution in [2.45, 2.75) is 71.1 Å². The lowest BCUT2D eigenvalue weighted by molar-refractivity contribution is 0.0497. The molecule has 0 aliphatic heterocycles. The van der Waals surface area contributed by atoms with Crippen LogP contribution in [-0.4, -0.2) is 22.8 Å². The summed E-state index contributed by atoms with van der Waals surface area (Å²) in [6.07, 6.45) is 12.4. The van der Waals surface area contributed by atoms with Crippen LogP contribution in [0.25, 0.3) is 0 Å². The smallest absolute Gasteiger partial charge is 0.338 e. The fraction of sp³-hybridized carbons (Fsp3) is 0.632. The van der Waals surface area contributed by atoms with E-state index in [-0.39, 0.29) is 17.1 Å². The Morgan fingerprint density at radius 2 is 1.43 bits per heavy atom. The molecule has 0 saturated carbocycles. The van der Waals surface area contributed by atoms with Crippen LogP contribution in [-0.2, 0) is 4.74 Å². The Labute approximate surface area is 139 Å². The number of carbonyl (C=O) groups is 1. The molecule has 0 saturated heterocycles. The number of phenols is 2. The summed E-state index contributed by atoms with van der Waals surface area (Å²) in [5.41, 5.74) is 0.257. The van der Waals surface area contributed by atoms with E-state index in [0.717, 1.165) is 12.8 Å². The van der Waals surface area contributed by atoms with Crippen molar-refractivity contribution in [2.75, 3.05) is 6.61 Å². The lowest BCUT2D eigenvalue weighted by Crippen LogP contribution is -2.06. The first kappa shape index (κ1) is 19.3. The molecular weight excluding hydrogens is 292 g/mol. The minimum Gasteiger partial charge on any atom is -0.504 e. The Hall–Kier alpha value is -1.71. The zero-order chi connectivity index (χ0) is 16.9. The number of esters is 1. The Morgan fingerprint density at radius 1 is 0.870 bits per heavy atom. The van der Waals surface area contributed by atoms with Gasteiger partial charge in [0.1, 0.15) is 0 Å². The maximum Gasteiger partial charge on any atom is 0.338 e. The van der Waals surface area contributed by atoms with Crippen LogP contribution in [0, 0.1) is 0 Å². The van der Waals surface area contributed by atoms with Gasteiger partial charge >= 0.3 is 5.97 Å². The Morgan fingerprint density at radius 3 is 2.00 bits per heavy atom. The van der Waals surface area contributed by atoms with E-state index in [9.17, 15) is 15.0 Å².